The molecule has 0 amide bonds. The minimum absolute atomic E-state index is 0.0225. The standard InChI is InChI=1S/C17H20FNO/c1-3-4-5-6-14-7-9-15(10-8-14)20-17-16(18)11-13(2)12-19-17/h7-12H,3-6H2,1-2H3. The van der Waals surface area contributed by atoms with Gasteiger partial charge < -0.3 is 4.74 Å². The van der Waals surface area contributed by atoms with E-state index in [1.807, 2.05) is 24.3 Å². The van der Waals surface area contributed by atoms with E-state index in [-0.39, 0.29) is 5.88 Å². The number of ether oxygens (including phenoxy) is 1. The van der Waals surface area contributed by atoms with Crippen molar-refractivity contribution in [1.29, 1.82) is 0 Å². The number of benzene rings is 1. The molecule has 0 bridgehead atoms. The van der Waals surface area contributed by atoms with Crippen molar-refractivity contribution in [2.24, 2.45) is 0 Å². The molecule has 0 fully saturated rings. The fourth-order valence-corrected chi connectivity index (χ4v) is 2.01. The summed E-state index contributed by atoms with van der Waals surface area (Å²) in [6.45, 7) is 3.99. The van der Waals surface area contributed by atoms with Gasteiger partial charge in [0.2, 0.25) is 0 Å². The zero-order valence-electron chi connectivity index (χ0n) is 12.0. The summed E-state index contributed by atoms with van der Waals surface area (Å²) in [7, 11) is 0. The number of aromatic nitrogens is 1. The summed E-state index contributed by atoms with van der Waals surface area (Å²) >= 11 is 0. The van der Waals surface area contributed by atoms with Gasteiger partial charge in [0, 0.05) is 6.20 Å². The fourth-order valence-electron chi connectivity index (χ4n) is 2.01. The summed E-state index contributed by atoms with van der Waals surface area (Å²) in [6.07, 6.45) is 6.34. The third-order valence-corrected chi connectivity index (χ3v) is 3.15. The summed E-state index contributed by atoms with van der Waals surface area (Å²) in [4.78, 5) is 3.96. The molecule has 0 aliphatic heterocycles. The molecule has 1 aromatic carbocycles. The highest BCUT2D eigenvalue weighted by Crippen LogP contribution is 2.23. The molecular formula is C17H20FNO. The van der Waals surface area contributed by atoms with Crippen molar-refractivity contribution in [2.45, 2.75) is 39.5 Å². The zero-order valence-corrected chi connectivity index (χ0v) is 12.0. The highest BCUT2D eigenvalue weighted by molar-refractivity contribution is 5.31. The second-order valence-electron chi connectivity index (χ2n) is 5.00. The Labute approximate surface area is 119 Å². The van der Waals surface area contributed by atoms with Crippen LogP contribution in [-0.4, -0.2) is 4.98 Å². The van der Waals surface area contributed by atoms with Crippen LogP contribution in [0.15, 0.2) is 36.5 Å². The van der Waals surface area contributed by atoms with Crippen LogP contribution in [0, 0.1) is 12.7 Å². The van der Waals surface area contributed by atoms with Crippen molar-refractivity contribution in [3.8, 4) is 11.6 Å². The van der Waals surface area contributed by atoms with Crippen molar-refractivity contribution < 1.29 is 9.13 Å². The van der Waals surface area contributed by atoms with Crippen LogP contribution in [0.5, 0.6) is 11.6 Å². The van der Waals surface area contributed by atoms with E-state index in [4.69, 9.17) is 4.74 Å². The van der Waals surface area contributed by atoms with Gasteiger partial charge in [-0.1, -0.05) is 31.9 Å². The van der Waals surface area contributed by atoms with Crippen LogP contribution in [0.1, 0.15) is 37.3 Å². The van der Waals surface area contributed by atoms with Crippen LogP contribution < -0.4 is 4.74 Å². The fraction of sp³-hybridized carbons (Fsp3) is 0.353. The van der Waals surface area contributed by atoms with E-state index in [2.05, 4.69) is 11.9 Å². The predicted molar refractivity (Wildman–Crippen MR) is 78.7 cm³/mol. The van der Waals surface area contributed by atoms with Crippen molar-refractivity contribution >= 4 is 0 Å². The Morgan fingerprint density at radius 3 is 2.55 bits per heavy atom. The van der Waals surface area contributed by atoms with E-state index in [0.29, 0.717) is 5.75 Å². The van der Waals surface area contributed by atoms with Gasteiger partial charge >= 0.3 is 0 Å². The molecule has 106 valence electrons. The quantitative estimate of drug-likeness (QED) is 0.687. The van der Waals surface area contributed by atoms with Gasteiger partial charge in [0.15, 0.2) is 5.82 Å². The van der Waals surface area contributed by atoms with E-state index >= 15 is 0 Å². The molecular weight excluding hydrogens is 253 g/mol. The molecule has 2 rings (SSSR count). The van der Waals surface area contributed by atoms with Gasteiger partial charge in [0.1, 0.15) is 5.75 Å². The number of aryl methyl sites for hydroxylation is 2. The molecule has 2 nitrogen and oxygen atoms in total. The van der Waals surface area contributed by atoms with E-state index in [0.717, 1.165) is 12.0 Å². The largest absolute Gasteiger partial charge is 0.436 e. The first-order valence-electron chi connectivity index (χ1n) is 7.08. The summed E-state index contributed by atoms with van der Waals surface area (Å²) < 4.78 is 19.1. The van der Waals surface area contributed by atoms with Crippen LogP contribution in [0.3, 0.4) is 0 Å². The van der Waals surface area contributed by atoms with E-state index in [1.54, 1.807) is 13.1 Å². The number of hydrogen-bond donors (Lipinski definition) is 0. The maximum atomic E-state index is 13.6. The number of unbranched alkanes of at least 4 members (excludes halogenated alkanes) is 2. The van der Waals surface area contributed by atoms with Crippen molar-refractivity contribution in [2.75, 3.05) is 0 Å². The van der Waals surface area contributed by atoms with E-state index in [9.17, 15) is 4.39 Å². The zero-order chi connectivity index (χ0) is 14.4. The minimum atomic E-state index is -0.433. The monoisotopic (exact) mass is 273 g/mol. The van der Waals surface area contributed by atoms with Crippen LogP contribution in [0.4, 0.5) is 4.39 Å². The molecule has 0 atom stereocenters. The van der Waals surface area contributed by atoms with Gasteiger partial charge in [-0.25, -0.2) is 9.37 Å². The first kappa shape index (κ1) is 14.5. The van der Waals surface area contributed by atoms with Gasteiger partial charge in [-0.2, -0.15) is 0 Å². The molecule has 0 spiro atoms. The van der Waals surface area contributed by atoms with Gasteiger partial charge in [0.05, 0.1) is 0 Å². The lowest BCUT2D eigenvalue weighted by atomic mass is 10.1. The number of halogens is 1. The molecule has 0 aliphatic carbocycles. The van der Waals surface area contributed by atoms with Gasteiger partial charge in [0.25, 0.3) is 5.88 Å². The van der Waals surface area contributed by atoms with E-state index in [1.165, 1.54) is 30.9 Å². The van der Waals surface area contributed by atoms with Crippen molar-refractivity contribution in [1.82, 2.24) is 4.98 Å². The highest BCUT2D eigenvalue weighted by Gasteiger charge is 2.06. The van der Waals surface area contributed by atoms with Crippen LogP contribution >= 0.6 is 0 Å². The lowest BCUT2D eigenvalue weighted by Gasteiger charge is -2.07. The van der Waals surface area contributed by atoms with Gasteiger partial charge in [-0.3, -0.25) is 0 Å². The smallest absolute Gasteiger partial charge is 0.255 e. The predicted octanol–water partition coefficient (Wildman–Crippen LogP) is 5.05. The average molecular weight is 273 g/mol. The lowest BCUT2D eigenvalue weighted by molar-refractivity contribution is 0.422. The Morgan fingerprint density at radius 2 is 1.90 bits per heavy atom. The Balaban J connectivity index is 1.99. The van der Waals surface area contributed by atoms with Gasteiger partial charge in [-0.05, 0) is 49.1 Å². The first-order chi connectivity index (χ1) is 9.69. The third kappa shape index (κ3) is 4.05. The average Bonchev–Trinajstić information content (AvgIpc) is 2.44. The molecule has 2 aromatic rings. The molecule has 20 heavy (non-hydrogen) atoms. The highest BCUT2D eigenvalue weighted by atomic mass is 19.1. The maximum absolute atomic E-state index is 13.6. The van der Waals surface area contributed by atoms with E-state index < -0.39 is 5.82 Å². The molecule has 0 unspecified atom stereocenters. The molecule has 1 aromatic heterocycles. The van der Waals surface area contributed by atoms with Gasteiger partial charge in [-0.15, -0.1) is 0 Å². The number of pyridine rings is 1. The SMILES string of the molecule is CCCCCc1ccc(Oc2ncc(C)cc2F)cc1. The topological polar surface area (TPSA) is 22.1 Å². The second-order valence-corrected chi connectivity index (χ2v) is 5.00. The Kier molecular flexibility index (Phi) is 5.10. The summed E-state index contributed by atoms with van der Waals surface area (Å²) in [5.74, 6) is 0.200. The molecule has 3 heteroatoms. The minimum Gasteiger partial charge on any atom is -0.436 e. The first-order valence-corrected chi connectivity index (χ1v) is 7.08. The third-order valence-electron chi connectivity index (χ3n) is 3.15. The second kappa shape index (κ2) is 7.04. The molecule has 0 aliphatic rings. The summed E-state index contributed by atoms with van der Waals surface area (Å²) in [5, 5.41) is 0. The van der Waals surface area contributed by atoms with Crippen LogP contribution in [-0.2, 0) is 6.42 Å². The van der Waals surface area contributed by atoms with Crippen LogP contribution in [0.25, 0.3) is 0 Å². The summed E-state index contributed by atoms with van der Waals surface area (Å²) in [6, 6.07) is 9.19. The molecule has 0 N–H and O–H groups in total. The normalized spacial score (nSPS) is 10.6. The van der Waals surface area contributed by atoms with Crippen molar-refractivity contribution in [3.63, 3.8) is 0 Å². The Morgan fingerprint density at radius 1 is 1.15 bits per heavy atom. The molecule has 0 radical (unpaired) electrons. The number of hydrogen-bond acceptors (Lipinski definition) is 2. The maximum Gasteiger partial charge on any atom is 0.255 e. The number of rotatable bonds is 6. The molecule has 0 saturated heterocycles. The number of nitrogens with zero attached hydrogens (tertiary/aromatic N) is 1. The van der Waals surface area contributed by atoms with Crippen molar-refractivity contribution in [3.05, 3.63) is 53.5 Å². The Bertz CT molecular complexity index is 551. The molecule has 1 heterocycles. The lowest BCUT2D eigenvalue weighted by Crippen LogP contribution is -1.93. The van der Waals surface area contributed by atoms with Crippen LogP contribution in [0.2, 0.25) is 0 Å². The Hall–Kier alpha value is -1.90. The molecule has 0 saturated carbocycles. The summed E-state index contributed by atoms with van der Waals surface area (Å²) in [5.41, 5.74) is 2.06.